The summed E-state index contributed by atoms with van der Waals surface area (Å²) in [6, 6.07) is 5.08. The second-order valence-electron chi connectivity index (χ2n) is 3.75. The van der Waals surface area contributed by atoms with Gasteiger partial charge < -0.3 is 9.47 Å². The Morgan fingerprint density at radius 3 is 2.90 bits per heavy atom. The third kappa shape index (κ3) is 3.29. The van der Waals surface area contributed by atoms with E-state index in [-0.39, 0.29) is 0 Å². The number of esters is 1. The van der Waals surface area contributed by atoms with Crippen LogP contribution in [0.1, 0.15) is 12.5 Å². The van der Waals surface area contributed by atoms with Crippen LogP contribution in [0.25, 0.3) is 0 Å². The van der Waals surface area contributed by atoms with Gasteiger partial charge in [0.2, 0.25) is 4.77 Å². The van der Waals surface area contributed by atoms with E-state index >= 15 is 0 Å². The number of carbonyl (C=O) groups is 1. The molecule has 0 aliphatic carbocycles. The van der Waals surface area contributed by atoms with Crippen molar-refractivity contribution in [2.24, 2.45) is 5.10 Å². The molecule has 2 rings (SSSR count). The average Bonchev–Trinajstić information content (AvgIpc) is 2.82. The molecular weight excluding hydrogens is 280 g/mol. The molecule has 1 aromatic heterocycles. The van der Waals surface area contributed by atoms with E-state index in [9.17, 15) is 4.79 Å². The highest BCUT2D eigenvalue weighted by Gasteiger charge is 2.07. The van der Waals surface area contributed by atoms with Gasteiger partial charge in [-0.1, -0.05) is 0 Å². The van der Waals surface area contributed by atoms with Gasteiger partial charge in [0.15, 0.2) is 11.5 Å². The molecule has 8 heteroatoms. The zero-order valence-corrected chi connectivity index (χ0v) is 11.7. The predicted molar refractivity (Wildman–Crippen MR) is 74.7 cm³/mol. The first kappa shape index (κ1) is 13.9. The Kier molecular flexibility index (Phi) is 4.26. The van der Waals surface area contributed by atoms with Gasteiger partial charge in [0, 0.05) is 6.92 Å². The maximum absolute atomic E-state index is 11.0. The largest absolute Gasteiger partial charge is 0.493 e. The van der Waals surface area contributed by atoms with E-state index in [0.717, 1.165) is 5.56 Å². The summed E-state index contributed by atoms with van der Waals surface area (Å²) in [7, 11) is 1.50. The van der Waals surface area contributed by atoms with E-state index in [4.69, 9.17) is 21.7 Å². The monoisotopic (exact) mass is 292 g/mol. The van der Waals surface area contributed by atoms with Crippen LogP contribution < -0.4 is 9.47 Å². The summed E-state index contributed by atoms with van der Waals surface area (Å²) in [4.78, 5) is 11.0. The third-order valence-electron chi connectivity index (χ3n) is 2.31. The molecule has 104 valence electrons. The number of nitrogens with zero attached hydrogens (tertiary/aromatic N) is 3. The van der Waals surface area contributed by atoms with Gasteiger partial charge in [-0.3, -0.25) is 9.89 Å². The molecule has 1 aromatic carbocycles. The van der Waals surface area contributed by atoms with Crippen molar-refractivity contribution in [1.29, 1.82) is 0 Å². The number of methoxy groups -OCH3 is 1. The fourth-order valence-corrected chi connectivity index (χ4v) is 1.60. The minimum atomic E-state index is -0.408. The van der Waals surface area contributed by atoms with Crippen LogP contribution in [0.4, 0.5) is 0 Å². The van der Waals surface area contributed by atoms with Crippen LogP contribution in [-0.2, 0) is 4.79 Å². The lowest BCUT2D eigenvalue weighted by molar-refractivity contribution is -0.132. The van der Waals surface area contributed by atoms with Crippen molar-refractivity contribution in [2.45, 2.75) is 6.92 Å². The summed E-state index contributed by atoms with van der Waals surface area (Å²) in [6.07, 6.45) is 3.05. The summed E-state index contributed by atoms with van der Waals surface area (Å²) in [5.74, 6) is 0.395. The molecule has 0 saturated carbocycles. The number of hydrogen-bond acceptors (Lipinski definition) is 6. The molecule has 0 fully saturated rings. The van der Waals surface area contributed by atoms with Gasteiger partial charge in [-0.05, 0) is 36.0 Å². The van der Waals surface area contributed by atoms with Crippen molar-refractivity contribution in [3.05, 3.63) is 34.9 Å². The Balaban J connectivity index is 2.26. The number of ether oxygens (including phenoxy) is 2. The van der Waals surface area contributed by atoms with Crippen LogP contribution in [0.15, 0.2) is 29.6 Å². The highest BCUT2D eigenvalue weighted by molar-refractivity contribution is 7.71. The number of benzene rings is 1. The fraction of sp³-hybridized carbons (Fsp3) is 0.167. The first-order chi connectivity index (χ1) is 9.60. The lowest BCUT2D eigenvalue weighted by Gasteiger charge is -2.08. The van der Waals surface area contributed by atoms with Gasteiger partial charge in [-0.15, -0.1) is 0 Å². The lowest BCUT2D eigenvalue weighted by Crippen LogP contribution is -2.03. The smallest absolute Gasteiger partial charge is 0.308 e. The Morgan fingerprint density at radius 1 is 1.50 bits per heavy atom. The van der Waals surface area contributed by atoms with E-state index in [1.807, 2.05) is 0 Å². The van der Waals surface area contributed by atoms with Crippen molar-refractivity contribution in [3.63, 3.8) is 0 Å². The number of carbonyl (C=O) groups excluding carboxylic acids is 1. The second-order valence-corrected chi connectivity index (χ2v) is 4.14. The van der Waals surface area contributed by atoms with Crippen LogP contribution in [0.3, 0.4) is 0 Å². The van der Waals surface area contributed by atoms with Crippen molar-refractivity contribution >= 4 is 24.4 Å². The minimum Gasteiger partial charge on any atom is -0.493 e. The SMILES string of the molecule is COc1cc(/C=N\n2cn[nH]c2=S)ccc1OC(C)=O. The van der Waals surface area contributed by atoms with E-state index in [1.54, 1.807) is 24.4 Å². The molecular formula is C12H12N4O3S. The molecule has 0 aliphatic heterocycles. The van der Waals surface area contributed by atoms with Gasteiger partial charge in [-0.2, -0.15) is 14.9 Å². The third-order valence-corrected chi connectivity index (χ3v) is 2.59. The summed E-state index contributed by atoms with van der Waals surface area (Å²) in [5.41, 5.74) is 0.765. The molecule has 2 aromatic rings. The maximum atomic E-state index is 11.0. The quantitative estimate of drug-likeness (QED) is 0.402. The Hall–Kier alpha value is -2.48. The highest BCUT2D eigenvalue weighted by Crippen LogP contribution is 2.27. The second kappa shape index (κ2) is 6.11. The highest BCUT2D eigenvalue weighted by atomic mass is 32.1. The van der Waals surface area contributed by atoms with Crippen molar-refractivity contribution in [2.75, 3.05) is 7.11 Å². The topological polar surface area (TPSA) is 81.5 Å². The van der Waals surface area contributed by atoms with Gasteiger partial charge in [0.1, 0.15) is 6.33 Å². The van der Waals surface area contributed by atoms with Gasteiger partial charge >= 0.3 is 5.97 Å². The summed E-state index contributed by atoms with van der Waals surface area (Å²) in [6.45, 7) is 1.33. The van der Waals surface area contributed by atoms with Crippen LogP contribution >= 0.6 is 12.2 Å². The summed E-state index contributed by atoms with van der Waals surface area (Å²) >= 11 is 4.97. The molecule has 0 bridgehead atoms. The zero-order valence-electron chi connectivity index (χ0n) is 10.9. The van der Waals surface area contributed by atoms with E-state index < -0.39 is 5.97 Å². The Morgan fingerprint density at radius 2 is 2.30 bits per heavy atom. The van der Waals surface area contributed by atoms with Crippen LogP contribution in [0, 0.1) is 4.77 Å². The summed E-state index contributed by atoms with van der Waals surface area (Å²) in [5, 5.41) is 10.5. The van der Waals surface area contributed by atoms with Crippen LogP contribution in [-0.4, -0.2) is 34.2 Å². The number of aromatic nitrogens is 3. The van der Waals surface area contributed by atoms with Crippen LogP contribution in [0.5, 0.6) is 11.5 Å². The Labute approximate surface area is 119 Å². The molecule has 0 radical (unpaired) electrons. The van der Waals surface area contributed by atoms with Crippen molar-refractivity contribution < 1.29 is 14.3 Å². The van der Waals surface area contributed by atoms with Crippen molar-refractivity contribution in [3.8, 4) is 11.5 Å². The van der Waals surface area contributed by atoms with Crippen LogP contribution in [0.2, 0.25) is 0 Å². The number of nitrogens with one attached hydrogen (secondary N) is 1. The molecule has 0 aliphatic rings. The Bertz CT molecular complexity index is 705. The molecule has 0 amide bonds. The number of aromatic amines is 1. The molecule has 0 unspecified atom stereocenters. The molecule has 0 saturated heterocycles. The summed E-state index contributed by atoms with van der Waals surface area (Å²) < 4.78 is 12.0. The predicted octanol–water partition coefficient (Wildman–Crippen LogP) is 1.76. The fourth-order valence-electron chi connectivity index (χ4n) is 1.46. The van der Waals surface area contributed by atoms with Gasteiger partial charge in [0.25, 0.3) is 0 Å². The van der Waals surface area contributed by atoms with E-state index in [0.29, 0.717) is 16.3 Å². The molecule has 20 heavy (non-hydrogen) atoms. The minimum absolute atomic E-state index is 0.358. The zero-order chi connectivity index (χ0) is 14.5. The maximum Gasteiger partial charge on any atom is 0.308 e. The van der Waals surface area contributed by atoms with Gasteiger partial charge in [-0.25, -0.2) is 0 Å². The molecule has 1 heterocycles. The molecule has 7 nitrogen and oxygen atoms in total. The number of hydrogen-bond donors (Lipinski definition) is 1. The van der Waals surface area contributed by atoms with E-state index in [2.05, 4.69) is 15.3 Å². The standard InChI is InChI=1S/C12H12N4O3S/c1-8(17)19-10-4-3-9(5-11(10)18-2)6-14-16-7-13-15-12(16)20/h3-7H,1-2H3,(H,15,20)/b14-6-. The van der Waals surface area contributed by atoms with Gasteiger partial charge in [0.05, 0.1) is 13.3 Å². The first-order valence-electron chi connectivity index (χ1n) is 5.63. The molecule has 1 N–H and O–H groups in total. The first-order valence-corrected chi connectivity index (χ1v) is 6.04. The average molecular weight is 292 g/mol. The molecule has 0 atom stereocenters. The number of rotatable bonds is 4. The van der Waals surface area contributed by atoms with E-state index in [1.165, 1.54) is 25.0 Å². The van der Waals surface area contributed by atoms with Crippen molar-refractivity contribution in [1.82, 2.24) is 14.9 Å². The lowest BCUT2D eigenvalue weighted by atomic mass is 10.2. The molecule has 0 spiro atoms. The normalized spacial score (nSPS) is 10.7. The number of H-pyrrole nitrogens is 1.